The third kappa shape index (κ3) is 1.86. The van der Waals surface area contributed by atoms with Crippen LogP contribution < -0.4 is 4.90 Å². The van der Waals surface area contributed by atoms with Gasteiger partial charge in [-0.25, -0.2) is 4.79 Å². The second-order valence-electron chi connectivity index (χ2n) is 3.70. The zero-order valence-electron chi connectivity index (χ0n) is 8.64. The van der Waals surface area contributed by atoms with Crippen LogP contribution in [0.4, 0.5) is 14.5 Å². The molecular formula is C11H9F2NO3. The SMILES string of the molecule is O=C(O)[C@@H]1Cc2ccccc2N1C(=O)C(F)F. The van der Waals surface area contributed by atoms with E-state index in [2.05, 4.69) is 0 Å². The average Bonchev–Trinajstić information content (AvgIpc) is 2.67. The highest BCUT2D eigenvalue weighted by Crippen LogP contribution is 2.33. The van der Waals surface area contributed by atoms with Gasteiger partial charge in [-0.05, 0) is 11.6 Å². The highest BCUT2D eigenvalue weighted by Gasteiger charge is 2.40. The molecule has 1 aliphatic heterocycles. The first-order valence-corrected chi connectivity index (χ1v) is 4.94. The van der Waals surface area contributed by atoms with E-state index < -0.39 is 24.3 Å². The van der Waals surface area contributed by atoms with Crippen molar-refractivity contribution in [2.24, 2.45) is 0 Å². The molecule has 0 unspecified atom stereocenters. The first kappa shape index (κ1) is 11.5. The van der Waals surface area contributed by atoms with E-state index in [1.165, 1.54) is 6.07 Å². The van der Waals surface area contributed by atoms with Crippen molar-refractivity contribution >= 4 is 17.6 Å². The van der Waals surface area contributed by atoms with Crippen LogP contribution in [0.5, 0.6) is 0 Å². The molecule has 1 N–H and O–H groups in total. The summed E-state index contributed by atoms with van der Waals surface area (Å²) in [5.41, 5.74) is 0.846. The zero-order chi connectivity index (χ0) is 12.6. The number of carboxylic acids is 1. The number of hydrogen-bond acceptors (Lipinski definition) is 2. The maximum Gasteiger partial charge on any atom is 0.327 e. The summed E-state index contributed by atoms with van der Waals surface area (Å²) in [5.74, 6) is -2.75. The van der Waals surface area contributed by atoms with Gasteiger partial charge in [-0.15, -0.1) is 0 Å². The number of carbonyl (C=O) groups excluding carboxylic acids is 1. The number of carboxylic acid groups (broad SMARTS) is 1. The summed E-state index contributed by atoms with van der Waals surface area (Å²) in [5, 5.41) is 8.95. The summed E-state index contributed by atoms with van der Waals surface area (Å²) in [6.45, 7) is 0. The molecule has 1 aromatic rings. The van der Waals surface area contributed by atoms with E-state index in [0.29, 0.717) is 10.5 Å². The van der Waals surface area contributed by atoms with Crippen molar-refractivity contribution < 1.29 is 23.5 Å². The van der Waals surface area contributed by atoms with Gasteiger partial charge in [-0.1, -0.05) is 18.2 Å². The van der Waals surface area contributed by atoms with Crippen LogP contribution in [-0.2, 0) is 16.0 Å². The molecule has 1 heterocycles. The molecule has 1 aromatic carbocycles. The number of nitrogens with zero attached hydrogens (tertiary/aromatic N) is 1. The molecule has 0 bridgehead atoms. The average molecular weight is 241 g/mol. The minimum atomic E-state index is -3.21. The van der Waals surface area contributed by atoms with E-state index in [-0.39, 0.29) is 12.1 Å². The number of anilines is 1. The van der Waals surface area contributed by atoms with Gasteiger partial charge in [0.1, 0.15) is 6.04 Å². The molecule has 0 radical (unpaired) electrons. The molecule has 1 atom stereocenters. The molecule has 0 spiro atoms. The van der Waals surface area contributed by atoms with E-state index >= 15 is 0 Å². The van der Waals surface area contributed by atoms with Crippen molar-refractivity contribution in [3.8, 4) is 0 Å². The van der Waals surface area contributed by atoms with Crippen molar-refractivity contribution in [1.29, 1.82) is 0 Å². The summed E-state index contributed by atoms with van der Waals surface area (Å²) in [7, 11) is 0. The number of carbonyl (C=O) groups is 2. The van der Waals surface area contributed by atoms with Crippen LogP contribution in [0.15, 0.2) is 24.3 Å². The minimum absolute atomic E-state index is 0.0595. The van der Waals surface area contributed by atoms with Crippen LogP contribution in [0.2, 0.25) is 0 Å². The van der Waals surface area contributed by atoms with Crippen LogP contribution in [-0.4, -0.2) is 29.5 Å². The van der Waals surface area contributed by atoms with Crippen LogP contribution in [0, 0.1) is 0 Å². The Morgan fingerprint density at radius 1 is 1.35 bits per heavy atom. The van der Waals surface area contributed by atoms with Crippen molar-refractivity contribution in [3.63, 3.8) is 0 Å². The van der Waals surface area contributed by atoms with E-state index in [1.807, 2.05) is 0 Å². The van der Waals surface area contributed by atoms with Crippen molar-refractivity contribution in [3.05, 3.63) is 29.8 Å². The van der Waals surface area contributed by atoms with Gasteiger partial charge >= 0.3 is 12.4 Å². The monoisotopic (exact) mass is 241 g/mol. The van der Waals surface area contributed by atoms with Crippen LogP contribution >= 0.6 is 0 Å². The Labute approximate surface area is 95.5 Å². The van der Waals surface area contributed by atoms with Gasteiger partial charge in [0.2, 0.25) is 0 Å². The van der Waals surface area contributed by atoms with Gasteiger partial charge < -0.3 is 5.11 Å². The molecule has 2 rings (SSSR count). The highest BCUT2D eigenvalue weighted by molar-refractivity contribution is 6.03. The first-order valence-electron chi connectivity index (χ1n) is 4.94. The first-order chi connectivity index (χ1) is 8.02. The number of hydrogen-bond donors (Lipinski definition) is 1. The molecule has 0 saturated heterocycles. The zero-order valence-corrected chi connectivity index (χ0v) is 8.64. The molecule has 1 amide bonds. The fourth-order valence-corrected chi connectivity index (χ4v) is 1.96. The Morgan fingerprint density at radius 2 is 2.00 bits per heavy atom. The van der Waals surface area contributed by atoms with E-state index in [9.17, 15) is 18.4 Å². The second kappa shape index (κ2) is 4.12. The molecule has 0 saturated carbocycles. The topological polar surface area (TPSA) is 57.6 Å². The second-order valence-corrected chi connectivity index (χ2v) is 3.70. The van der Waals surface area contributed by atoms with Crippen molar-refractivity contribution in [2.75, 3.05) is 4.90 Å². The molecule has 6 heteroatoms. The van der Waals surface area contributed by atoms with Gasteiger partial charge in [-0.3, -0.25) is 9.69 Å². The van der Waals surface area contributed by atoms with Gasteiger partial charge in [0.25, 0.3) is 5.91 Å². The van der Waals surface area contributed by atoms with Crippen LogP contribution in [0.3, 0.4) is 0 Å². The Hall–Kier alpha value is -1.98. The van der Waals surface area contributed by atoms with Crippen LogP contribution in [0.25, 0.3) is 0 Å². The molecule has 0 aliphatic carbocycles. The summed E-state index contributed by atoms with van der Waals surface area (Å²) in [4.78, 5) is 23.0. The lowest BCUT2D eigenvalue weighted by molar-refractivity contribution is -0.141. The van der Waals surface area contributed by atoms with Gasteiger partial charge in [-0.2, -0.15) is 8.78 Å². The summed E-state index contributed by atoms with van der Waals surface area (Å²) in [6.07, 6.45) is -3.15. The lowest BCUT2D eigenvalue weighted by Gasteiger charge is -2.21. The fourth-order valence-electron chi connectivity index (χ4n) is 1.96. The quantitative estimate of drug-likeness (QED) is 0.848. The van der Waals surface area contributed by atoms with Crippen LogP contribution in [0.1, 0.15) is 5.56 Å². The Bertz CT molecular complexity index is 476. The lowest BCUT2D eigenvalue weighted by atomic mass is 10.1. The standard InChI is InChI=1S/C11H9F2NO3/c12-9(13)10(15)14-7-4-2-1-3-6(7)5-8(14)11(16)17/h1-4,8-9H,5H2,(H,16,17)/t8-/m0/s1. The smallest absolute Gasteiger partial charge is 0.327 e. The highest BCUT2D eigenvalue weighted by atomic mass is 19.3. The number of benzene rings is 1. The fraction of sp³-hybridized carbons (Fsp3) is 0.273. The molecule has 0 aromatic heterocycles. The number of para-hydroxylation sites is 1. The van der Waals surface area contributed by atoms with Gasteiger partial charge in [0.05, 0.1) is 0 Å². The number of alkyl halides is 2. The third-order valence-electron chi connectivity index (χ3n) is 2.69. The van der Waals surface area contributed by atoms with E-state index in [0.717, 1.165) is 0 Å². The Morgan fingerprint density at radius 3 is 2.59 bits per heavy atom. The lowest BCUT2D eigenvalue weighted by Crippen LogP contribution is -2.45. The minimum Gasteiger partial charge on any atom is -0.480 e. The molecule has 1 aliphatic rings. The maximum absolute atomic E-state index is 12.4. The number of aliphatic carboxylic acids is 1. The summed E-state index contributed by atoms with van der Waals surface area (Å²) >= 11 is 0. The number of halogens is 2. The molecule has 17 heavy (non-hydrogen) atoms. The number of rotatable bonds is 2. The van der Waals surface area contributed by atoms with E-state index in [1.54, 1.807) is 18.2 Å². The van der Waals surface area contributed by atoms with Gasteiger partial charge in [0, 0.05) is 12.1 Å². The summed E-state index contributed by atoms with van der Waals surface area (Å²) < 4.78 is 24.9. The van der Waals surface area contributed by atoms with Crippen molar-refractivity contribution in [2.45, 2.75) is 18.9 Å². The molecule has 90 valence electrons. The molecule has 4 nitrogen and oxygen atoms in total. The number of amides is 1. The maximum atomic E-state index is 12.4. The van der Waals surface area contributed by atoms with E-state index in [4.69, 9.17) is 5.11 Å². The molecular weight excluding hydrogens is 232 g/mol. The van der Waals surface area contributed by atoms with Crippen molar-refractivity contribution in [1.82, 2.24) is 0 Å². The summed E-state index contributed by atoms with van der Waals surface area (Å²) in [6, 6.07) is 5.11. The molecule has 0 fully saturated rings. The van der Waals surface area contributed by atoms with Gasteiger partial charge in [0.15, 0.2) is 0 Å². The Kier molecular flexibility index (Phi) is 2.79. The predicted molar refractivity (Wildman–Crippen MR) is 55.1 cm³/mol. The largest absolute Gasteiger partial charge is 0.480 e. The number of fused-ring (bicyclic) bond motifs is 1. The third-order valence-corrected chi connectivity index (χ3v) is 2.69. The Balaban J connectivity index is 2.44. The predicted octanol–water partition coefficient (Wildman–Crippen LogP) is 1.29. The normalized spacial score (nSPS) is 18.3.